The van der Waals surface area contributed by atoms with Gasteiger partial charge in [0.2, 0.25) is 5.56 Å². The molecule has 0 bridgehead atoms. The average molecular weight is 197 g/mol. The van der Waals surface area contributed by atoms with Crippen molar-refractivity contribution in [3.05, 3.63) is 28.2 Å². The van der Waals surface area contributed by atoms with Crippen molar-refractivity contribution in [2.75, 3.05) is 13.7 Å². The van der Waals surface area contributed by atoms with Crippen molar-refractivity contribution < 1.29 is 14.8 Å². The van der Waals surface area contributed by atoms with Crippen molar-refractivity contribution in [3.8, 4) is 0 Å². The summed E-state index contributed by atoms with van der Waals surface area (Å²) in [6.45, 7) is 0.473. The van der Waals surface area contributed by atoms with Crippen LogP contribution in [0.3, 0.4) is 0 Å². The predicted molar refractivity (Wildman–Crippen MR) is 52.5 cm³/mol. The van der Waals surface area contributed by atoms with Crippen molar-refractivity contribution in [2.24, 2.45) is 0 Å². The fourth-order valence-electron chi connectivity index (χ4n) is 1.12. The third-order valence-electron chi connectivity index (χ3n) is 1.80. The maximum absolute atomic E-state index is 11.1. The lowest BCUT2D eigenvalue weighted by atomic mass is 9.80. The summed E-state index contributed by atoms with van der Waals surface area (Å²) in [4.78, 5) is 13.6. The van der Waals surface area contributed by atoms with E-state index < -0.39 is 7.12 Å². The zero-order valence-corrected chi connectivity index (χ0v) is 7.86. The van der Waals surface area contributed by atoms with Gasteiger partial charge in [-0.3, -0.25) is 4.79 Å². The van der Waals surface area contributed by atoms with Crippen molar-refractivity contribution >= 4 is 12.6 Å². The molecule has 76 valence electrons. The van der Waals surface area contributed by atoms with E-state index >= 15 is 0 Å². The standard InChI is InChI=1S/C8H12BNO4/c1-14-3-2-7-4-6(9(12)13)5-8(11)10-7/h4-5,12-13H,2-3H2,1H3,(H,10,11). The van der Waals surface area contributed by atoms with Crippen LogP contribution >= 0.6 is 0 Å². The van der Waals surface area contributed by atoms with Crippen LogP contribution in [0.4, 0.5) is 0 Å². The first-order valence-corrected chi connectivity index (χ1v) is 4.21. The maximum Gasteiger partial charge on any atom is 0.488 e. The van der Waals surface area contributed by atoms with Crippen molar-refractivity contribution in [2.45, 2.75) is 6.42 Å². The molecule has 14 heavy (non-hydrogen) atoms. The lowest BCUT2D eigenvalue weighted by molar-refractivity contribution is 0.201. The Balaban J connectivity index is 2.90. The van der Waals surface area contributed by atoms with Gasteiger partial charge in [-0.15, -0.1) is 0 Å². The Labute approximate surface area is 81.5 Å². The zero-order valence-electron chi connectivity index (χ0n) is 7.86. The quantitative estimate of drug-likeness (QED) is 0.499. The maximum atomic E-state index is 11.1. The summed E-state index contributed by atoms with van der Waals surface area (Å²) >= 11 is 0. The van der Waals surface area contributed by atoms with Gasteiger partial charge < -0.3 is 19.8 Å². The molecule has 0 spiro atoms. The number of methoxy groups -OCH3 is 1. The number of hydrogen-bond acceptors (Lipinski definition) is 4. The van der Waals surface area contributed by atoms with Gasteiger partial charge in [0, 0.05) is 25.3 Å². The molecule has 0 aliphatic rings. The highest BCUT2D eigenvalue weighted by Gasteiger charge is 2.12. The minimum atomic E-state index is -1.61. The number of H-pyrrole nitrogens is 1. The molecule has 0 fully saturated rings. The minimum Gasteiger partial charge on any atom is -0.423 e. The number of aromatic amines is 1. The molecule has 1 heterocycles. The van der Waals surface area contributed by atoms with Gasteiger partial charge >= 0.3 is 7.12 Å². The highest BCUT2D eigenvalue weighted by molar-refractivity contribution is 6.58. The van der Waals surface area contributed by atoms with Crippen LogP contribution in [0.15, 0.2) is 16.9 Å². The summed E-state index contributed by atoms with van der Waals surface area (Å²) in [7, 11) is -0.0540. The molecule has 0 amide bonds. The Morgan fingerprint density at radius 2 is 2.21 bits per heavy atom. The molecule has 0 saturated carbocycles. The van der Waals surface area contributed by atoms with E-state index in [9.17, 15) is 4.79 Å². The fourth-order valence-corrected chi connectivity index (χ4v) is 1.12. The number of nitrogens with one attached hydrogen (secondary N) is 1. The molecule has 5 nitrogen and oxygen atoms in total. The second-order valence-corrected chi connectivity index (χ2v) is 2.92. The smallest absolute Gasteiger partial charge is 0.423 e. The molecule has 0 aliphatic carbocycles. The van der Waals surface area contributed by atoms with E-state index in [-0.39, 0.29) is 11.0 Å². The lowest BCUT2D eigenvalue weighted by Crippen LogP contribution is -2.34. The molecule has 1 rings (SSSR count). The number of hydrogen-bond donors (Lipinski definition) is 3. The molecule has 0 radical (unpaired) electrons. The summed E-state index contributed by atoms with van der Waals surface area (Å²) in [5.74, 6) is 0. The Kier molecular flexibility index (Phi) is 3.88. The molecule has 3 N–H and O–H groups in total. The Morgan fingerprint density at radius 1 is 1.50 bits per heavy atom. The first-order chi connectivity index (χ1) is 6.63. The fraction of sp³-hybridized carbons (Fsp3) is 0.375. The second-order valence-electron chi connectivity index (χ2n) is 2.92. The van der Waals surface area contributed by atoms with Gasteiger partial charge in [-0.25, -0.2) is 0 Å². The van der Waals surface area contributed by atoms with Crippen LogP contribution in [-0.2, 0) is 11.2 Å². The summed E-state index contributed by atoms with van der Waals surface area (Å²) in [6.07, 6.45) is 0.534. The molecular formula is C8H12BNO4. The third-order valence-corrected chi connectivity index (χ3v) is 1.80. The molecule has 6 heteroatoms. The van der Waals surface area contributed by atoms with Crippen molar-refractivity contribution in [3.63, 3.8) is 0 Å². The van der Waals surface area contributed by atoms with Crippen LogP contribution in [0.25, 0.3) is 0 Å². The number of aromatic nitrogens is 1. The molecule has 0 unspecified atom stereocenters. The molecule has 1 aromatic heterocycles. The lowest BCUT2D eigenvalue weighted by Gasteiger charge is -2.03. The Bertz CT molecular complexity index is 349. The van der Waals surface area contributed by atoms with E-state index in [1.165, 1.54) is 6.07 Å². The minimum absolute atomic E-state index is 0.194. The highest BCUT2D eigenvalue weighted by Crippen LogP contribution is 1.91. The SMILES string of the molecule is COCCc1cc(B(O)O)cc(=O)[nH]1. The monoisotopic (exact) mass is 197 g/mol. The van der Waals surface area contributed by atoms with Crippen LogP contribution in [0.1, 0.15) is 5.69 Å². The molecule has 0 aliphatic heterocycles. The topological polar surface area (TPSA) is 82.5 Å². The molecule has 0 aromatic carbocycles. The van der Waals surface area contributed by atoms with Crippen LogP contribution in [-0.4, -0.2) is 35.9 Å². The summed E-state index contributed by atoms with van der Waals surface area (Å²) in [6, 6.07) is 2.69. The van der Waals surface area contributed by atoms with Crippen LogP contribution in [0.2, 0.25) is 0 Å². The normalized spacial score (nSPS) is 10.2. The van der Waals surface area contributed by atoms with E-state index in [2.05, 4.69) is 4.98 Å². The van der Waals surface area contributed by atoms with Gasteiger partial charge in [0.15, 0.2) is 0 Å². The van der Waals surface area contributed by atoms with Crippen LogP contribution in [0.5, 0.6) is 0 Å². The van der Waals surface area contributed by atoms with E-state index in [4.69, 9.17) is 14.8 Å². The summed E-state index contributed by atoms with van der Waals surface area (Å²) < 4.78 is 4.84. The van der Waals surface area contributed by atoms with Crippen molar-refractivity contribution in [1.29, 1.82) is 0 Å². The van der Waals surface area contributed by atoms with E-state index in [0.29, 0.717) is 18.7 Å². The van der Waals surface area contributed by atoms with Crippen LogP contribution < -0.4 is 11.0 Å². The van der Waals surface area contributed by atoms with Crippen LogP contribution in [0, 0.1) is 0 Å². The van der Waals surface area contributed by atoms with Gasteiger partial charge in [0.05, 0.1) is 6.61 Å². The van der Waals surface area contributed by atoms with Crippen molar-refractivity contribution in [1.82, 2.24) is 4.98 Å². The molecule has 1 aromatic rings. The van der Waals surface area contributed by atoms with E-state index in [1.807, 2.05) is 0 Å². The Hall–Kier alpha value is -1.11. The average Bonchev–Trinajstić information content (AvgIpc) is 2.14. The predicted octanol–water partition coefficient (Wildman–Crippen LogP) is -1.76. The van der Waals surface area contributed by atoms with Gasteiger partial charge in [-0.05, 0) is 11.5 Å². The van der Waals surface area contributed by atoms with Gasteiger partial charge in [0.25, 0.3) is 0 Å². The van der Waals surface area contributed by atoms with E-state index in [0.717, 1.165) is 6.07 Å². The molecule has 0 saturated heterocycles. The van der Waals surface area contributed by atoms with E-state index in [1.54, 1.807) is 7.11 Å². The highest BCUT2D eigenvalue weighted by atomic mass is 16.5. The summed E-state index contributed by atoms with van der Waals surface area (Å²) in [5, 5.41) is 17.7. The first kappa shape index (κ1) is 11.0. The second kappa shape index (κ2) is 4.95. The Morgan fingerprint density at radius 3 is 2.79 bits per heavy atom. The first-order valence-electron chi connectivity index (χ1n) is 4.21. The van der Waals surface area contributed by atoms with Gasteiger partial charge in [-0.2, -0.15) is 0 Å². The third kappa shape index (κ3) is 2.99. The van der Waals surface area contributed by atoms with Gasteiger partial charge in [-0.1, -0.05) is 0 Å². The largest absolute Gasteiger partial charge is 0.488 e. The number of pyridine rings is 1. The molecular weight excluding hydrogens is 185 g/mol. The number of rotatable bonds is 4. The molecule has 0 atom stereocenters. The summed E-state index contributed by atoms with van der Waals surface area (Å²) in [5.41, 5.74) is 0.476. The van der Waals surface area contributed by atoms with Gasteiger partial charge in [0.1, 0.15) is 0 Å². The number of ether oxygens (including phenoxy) is 1. The zero-order chi connectivity index (χ0) is 10.6.